The molecule has 0 amide bonds. The van der Waals surface area contributed by atoms with Crippen molar-refractivity contribution in [2.24, 2.45) is 0 Å². The molecule has 2 rings (SSSR count). The lowest BCUT2D eigenvalue weighted by Gasteiger charge is -2.10. The van der Waals surface area contributed by atoms with Crippen LogP contribution in [0.1, 0.15) is 12.5 Å². The molecule has 2 aromatic rings. The number of sulfonamides is 1. The topological polar surface area (TPSA) is 84.0 Å². The Kier molecular flexibility index (Phi) is 4.19. The Bertz CT molecular complexity index is 684. The van der Waals surface area contributed by atoms with E-state index in [2.05, 4.69) is 20.0 Å². The molecular formula is C13H16N4O2S. The van der Waals surface area contributed by atoms with Gasteiger partial charge in [0.2, 0.25) is 5.95 Å². The van der Waals surface area contributed by atoms with Crippen molar-refractivity contribution in [3.63, 3.8) is 0 Å². The standard InChI is InChI=1S/C13H16N4O2S/c1-3-14-13-15-8-11(9-16-13)20(18,19)17-12-7-5-4-6-10(12)2/h4-9,17H,3H2,1-2H3,(H,14,15,16). The van der Waals surface area contributed by atoms with Crippen molar-refractivity contribution in [1.82, 2.24) is 9.97 Å². The Balaban J connectivity index is 2.24. The van der Waals surface area contributed by atoms with Crippen LogP contribution in [0.15, 0.2) is 41.6 Å². The fourth-order valence-electron chi connectivity index (χ4n) is 1.60. The smallest absolute Gasteiger partial charge is 0.264 e. The summed E-state index contributed by atoms with van der Waals surface area (Å²) < 4.78 is 26.9. The van der Waals surface area contributed by atoms with E-state index < -0.39 is 10.0 Å². The van der Waals surface area contributed by atoms with Gasteiger partial charge in [-0.25, -0.2) is 18.4 Å². The molecule has 0 saturated heterocycles. The van der Waals surface area contributed by atoms with Gasteiger partial charge in [-0.2, -0.15) is 0 Å². The number of hydrogen-bond acceptors (Lipinski definition) is 5. The van der Waals surface area contributed by atoms with Crippen LogP contribution in [0.3, 0.4) is 0 Å². The average molecular weight is 292 g/mol. The van der Waals surface area contributed by atoms with Gasteiger partial charge >= 0.3 is 0 Å². The molecule has 0 bridgehead atoms. The third-order valence-corrected chi connectivity index (χ3v) is 3.98. The fraction of sp³-hybridized carbons (Fsp3) is 0.231. The van der Waals surface area contributed by atoms with Crippen LogP contribution in [0, 0.1) is 6.92 Å². The summed E-state index contributed by atoms with van der Waals surface area (Å²) in [5, 5.41) is 2.91. The van der Waals surface area contributed by atoms with Crippen molar-refractivity contribution in [3.05, 3.63) is 42.2 Å². The van der Waals surface area contributed by atoms with Crippen LogP contribution in [-0.2, 0) is 10.0 Å². The third kappa shape index (κ3) is 3.24. The molecule has 0 spiro atoms. The van der Waals surface area contributed by atoms with Crippen molar-refractivity contribution in [2.75, 3.05) is 16.6 Å². The molecule has 106 valence electrons. The zero-order valence-corrected chi connectivity index (χ0v) is 12.1. The van der Waals surface area contributed by atoms with E-state index in [9.17, 15) is 8.42 Å². The van der Waals surface area contributed by atoms with Crippen molar-refractivity contribution >= 4 is 21.7 Å². The first-order valence-corrected chi connectivity index (χ1v) is 7.65. The van der Waals surface area contributed by atoms with Gasteiger partial charge in [-0.3, -0.25) is 4.72 Å². The predicted octanol–water partition coefficient (Wildman–Crippen LogP) is 2.02. The van der Waals surface area contributed by atoms with Crippen LogP contribution in [0.25, 0.3) is 0 Å². The summed E-state index contributed by atoms with van der Waals surface area (Å²) in [7, 11) is -3.67. The van der Waals surface area contributed by atoms with Gasteiger partial charge in [-0.05, 0) is 25.5 Å². The molecule has 0 aliphatic carbocycles. The molecule has 0 radical (unpaired) electrons. The molecule has 0 atom stereocenters. The van der Waals surface area contributed by atoms with Gasteiger partial charge in [0.05, 0.1) is 18.1 Å². The molecule has 0 aliphatic heterocycles. The third-order valence-electron chi connectivity index (χ3n) is 2.66. The summed E-state index contributed by atoms with van der Waals surface area (Å²) >= 11 is 0. The van der Waals surface area contributed by atoms with Gasteiger partial charge in [0.15, 0.2) is 0 Å². The maximum atomic E-state index is 12.2. The second-order valence-corrected chi connectivity index (χ2v) is 5.88. The Morgan fingerprint density at radius 3 is 2.40 bits per heavy atom. The number of para-hydroxylation sites is 1. The van der Waals surface area contributed by atoms with Crippen LogP contribution >= 0.6 is 0 Å². The molecule has 1 heterocycles. The second kappa shape index (κ2) is 5.87. The van der Waals surface area contributed by atoms with Crippen LogP contribution in [-0.4, -0.2) is 24.9 Å². The quantitative estimate of drug-likeness (QED) is 0.880. The highest BCUT2D eigenvalue weighted by Gasteiger charge is 2.16. The van der Waals surface area contributed by atoms with E-state index in [1.165, 1.54) is 12.4 Å². The van der Waals surface area contributed by atoms with Crippen LogP contribution < -0.4 is 10.0 Å². The van der Waals surface area contributed by atoms with Gasteiger partial charge in [0, 0.05) is 6.54 Å². The molecule has 0 fully saturated rings. The highest BCUT2D eigenvalue weighted by Crippen LogP contribution is 2.18. The number of nitrogens with zero attached hydrogens (tertiary/aromatic N) is 2. The Labute approximate surface area is 118 Å². The Morgan fingerprint density at radius 2 is 1.80 bits per heavy atom. The first kappa shape index (κ1) is 14.3. The zero-order valence-electron chi connectivity index (χ0n) is 11.3. The van der Waals surface area contributed by atoms with E-state index in [1.54, 1.807) is 12.1 Å². The number of nitrogens with one attached hydrogen (secondary N) is 2. The number of aryl methyl sites for hydroxylation is 1. The number of rotatable bonds is 5. The molecule has 2 N–H and O–H groups in total. The molecule has 6 nitrogen and oxygen atoms in total. The lowest BCUT2D eigenvalue weighted by molar-refractivity contribution is 0.600. The molecule has 1 aromatic heterocycles. The van der Waals surface area contributed by atoms with E-state index in [0.29, 0.717) is 18.2 Å². The summed E-state index contributed by atoms with van der Waals surface area (Å²) in [5.41, 5.74) is 1.39. The molecule has 0 unspecified atom stereocenters. The Morgan fingerprint density at radius 1 is 1.15 bits per heavy atom. The fourth-order valence-corrected chi connectivity index (χ4v) is 2.61. The highest BCUT2D eigenvalue weighted by atomic mass is 32.2. The average Bonchev–Trinajstić information content (AvgIpc) is 2.42. The van der Waals surface area contributed by atoms with Gasteiger partial charge in [-0.1, -0.05) is 18.2 Å². The highest BCUT2D eigenvalue weighted by molar-refractivity contribution is 7.92. The maximum absolute atomic E-state index is 12.2. The summed E-state index contributed by atoms with van der Waals surface area (Å²) in [5.74, 6) is 0.405. The van der Waals surface area contributed by atoms with Crippen LogP contribution in [0.5, 0.6) is 0 Å². The summed E-state index contributed by atoms with van der Waals surface area (Å²) in [6.07, 6.45) is 2.57. The number of aromatic nitrogens is 2. The summed E-state index contributed by atoms with van der Waals surface area (Å²) in [6, 6.07) is 7.17. The first-order chi connectivity index (χ1) is 9.53. The first-order valence-electron chi connectivity index (χ1n) is 6.17. The van der Waals surface area contributed by atoms with E-state index in [4.69, 9.17) is 0 Å². The second-order valence-electron chi connectivity index (χ2n) is 4.19. The van der Waals surface area contributed by atoms with Crippen molar-refractivity contribution in [3.8, 4) is 0 Å². The van der Waals surface area contributed by atoms with Crippen molar-refractivity contribution < 1.29 is 8.42 Å². The molecule has 20 heavy (non-hydrogen) atoms. The van der Waals surface area contributed by atoms with Gasteiger partial charge in [-0.15, -0.1) is 0 Å². The number of anilines is 2. The van der Waals surface area contributed by atoms with E-state index in [-0.39, 0.29) is 4.90 Å². The zero-order chi connectivity index (χ0) is 14.6. The molecular weight excluding hydrogens is 276 g/mol. The van der Waals surface area contributed by atoms with E-state index >= 15 is 0 Å². The normalized spacial score (nSPS) is 11.1. The number of benzene rings is 1. The molecule has 0 aliphatic rings. The lowest BCUT2D eigenvalue weighted by atomic mass is 10.2. The summed E-state index contributed by atoms with van der Waals surface area (Å²) in [6.45, 7) is 4.42. The van der Waals surface area contributed by atoms with Gasteiger partial charge in [0.25, 0.3) is 10.0 Å². The monoisotopic (exact) mass is 292 g/mol. The van der Waals surface area contributed by atoms with E-state index in [1.807, 2.05) is 26.0 Å². The minimum Gasteiger partial charge on any atom is -0.355 e. The van der Waals surface area contributed by atoms with Crippen LogP contribution in [0.2, 0.25) is 0 Å². The number of hydrogen-bond donors (Lipinski definition) is 2. The molecule has 1 aromatic carbocycles. The van der Waals surface area contributed by atoms with E-state index in [0.717, 1.165) is 5.56 Å². The van der Waals surface area contributed by atoms with Crippen molar-refractivity contribution in [1.29, 1.82) is 0 Å². The largest absolute Gasteiger partial charge is 0.355 e. The SMILES string of the molecule is CCNc1ncc(S(=O)(=O)Nc2ccccc2C)cn1. The minimum absolute atomic E-state index is 0.0300. The van der Waals surface area contributed by atoms with Gasteiger partial charge in [0.1, 0.15) is 4.90 Å². The van der Waals surface area contributed by atoms with Crippen molar-refractivity contribution in [2.45, 2.75) is 18.7 Å². The molecule has 0 saturated carbocycles. The van der Waals surface area contributed by atoms with Gasteiger partial charge < -0.3 is 5.32 Å². The predicted molar refractivity (Wildman–Crippen MR) is 78.2 cm³/mol. The Hall–Kier alpha value is -2.15. The maximum Gasteiger partial charge on any atom is 0.264 e. The molecule has 7 heteroatoms. The lowest BCUT2D eigenvalue weighted by Crippen LogP contribution is -2.15. The minimum atomic E-state index is -3.67. The van der Waals surface area contributed by atoms with Crippen LogP contribution in [0.4, 0.5) is 11.6 Å². The summed E-state index contributed by atoms with van der Waals surface area (Å²) in [4.78, 5) is 7.94.